The molecule has 0 saturated heterocycles. The lowest BCUT2D eigenvalue weighted by Crippen LogP contribution is -2.30. The Kier molecular flexibility index (Phi) is 5.77. The predicted octanol–water partition coefficient (Wildman–Crippen LogP) is 1.05. The molecule has 1 fully saturated rings. The number of carbonyl (C=O) groups is 1. The first-order valence-corrected chi connectivity index (χ1v) is 6.18. The van der Waals surface area contributed by atoms with Crippen LogP contribution in [0.4, 0.5) is 0 Å². The fourth-order valence-electron chi connectivity index (χ4n) is 1.81. The normalized spacial score (nSPS) is 17.1. The number of carbonyl (C=O) groups excluding carboxylic acids is 1. The van der Waals surface area contributed by atoms with Gasteiger partial charge < -0.3 is 15.8 Å². The molecule has 0 aromatic carbocycles. The number of hydrogen-bond donors (Lipinski definition) is 2. The zero-order valence-electron chi connectivity index (χ0n) is 10.3. The first-order chi connectivity index (χ1) is 7.72. The Morgan fingerprint density at radius 2 is 2.19 bits per heavy atom. The zero-order valence-corrected chi connectivity index (χ0v) is 10.3. The molecule has 0 unspecified atom stereocenters. The highest BCUT2D eigenvalue weighted by Gasteiger charge is 2.41. The third-order valence-corrected chi connectivity index (χ3v) is 3.31. The quantitative estimate of drug-likeness (QED) is 0.580. The van der Waals surface area contributed by atoms with Crippen molar-refractivity contribution in [2.45, 2.75) is 38.5 Å². The molecule has 1 saturated carbocycles. The van der Waals surface area contributed by atoms with Gasteiger partial charge in [0.25, 0.3) is 0 Å². The van der Waals surface area contributed by atoms with Gasteiger partial charge in [0.2, 0.25) is 5.91 Å². The Bertz CT molecular complexity index is 215. The summed E-state index contributed by atoms with van der Waals surface area (Å²) in [6, 6.07) is 0. The second-order valence-electron chi connectivity index (χ2n) is 4.77. The van der Waals surface area contributed by atoms with Crippen LogP contribution in [0.1, 0.15) is 38.5 Å². The average molecular weight is 228 g/mol. The van der Waals surface area contributed by atoms with Crippen molar-refractivity contribution in [2.75, 3.05) is 26.8 Å². The number of amides is 1. The van der Waals surface area contributed by atoms with E-state index in [0.29, 0.717) is 18.4 Å². The van der Waals surface area contributed by atoms with Crippen LogP contribution in [0.2, 0.25) is 0 Å². The van der Waals surface area contributed by atoms with Crippen LogP contribution in [0.5, 0.6) is 0 Å². The molecule has 3 N–H and O–H groups in total. The Balaban J connectivity index is 2.07. The topological polar surface area (TPSA) is 64.3 Å². The van der Waals surface area contributed by atoms with Crippen LogP contribution in [0.25, 0.3) is 0 Å². The smallest absolute Gasteiger partial charge is 0.220 e. The van der Waals surface area contributed by atoms with Crippen LogP contribution in [-0.4, -0.2) is 32.7 Å². The molecule has 1 amide bonds. The molecule has 0 heterocycles. The molecule has 0 aliphatic heterocycles. The van der Waals surface area contributed by atoms with Crippen molar-refractivity contribution in [3.8, 4) is 0 Å². The monoisotopic (exact) mass is 228 g/mol. The van der Waals surface area contributed by atoms with Gasteiger partial charge in [0.1, 0.15) is 0 Å². The predicted molar refractivity (Wildman–Crippen MR) is 64.1 cm³/mol. The molecule has 0 aromatic rings. The van der Waals surface area contributed by atoms with Crippen molar-refractivity contribution in [3.63, 3.8) is 0 Å². The third kappa shape index (κ3) is 4.94. The molecule has 1 rings (SSSR count). The minimum atomic E-state index is 0.164. The summed E-state index contributed by atoms with van der Waals surface area (Å²) in [5.74, 6) is 0.164. The van der Waals surface area contributed by atoms with E-state index in [1.807, 2.05) is 0 Å². The van der Waals surface area contributed by atoms with Crippen molar-refractivity contribution in [2.24, 2.45) is 11.1 Å². The maximum absolute atomic E-state index is 11.5. The van der Waals surface area contributed by atoms with Crippen molar-refractivity contribution in [1.29, 1.82) is 0 Å². The zero-order chi connectivity index (χ0) is 11.9. The van der Waals surface area contributed by atoms with E-state index in [1.165, 1.54) is 12.8 Å². The largest absolute Gasteiger partial charge is 0.385 e. The summed E-state index contributed by atoms with van der Waals surface area (Å²) < 4.78 is 5.08. The van der Waals surface area contributed by atoms with E-state index in [2.05, 4.69) is 5.32 Å². The van der Waals surface area contributed by atoms with Crippen LogP contribution >= 0.6 is 0 Å². The fourth-order valence-corrected chi connectivity index (χ4v) is 1.81. The highest BCUT2D eigenvalue weighted by atomic mass is 16.5. The van der Waals surface area contributed by atoms with E-state index in [4.69, 9.17) is 10.5 Å². The lowest BCUT2D eigenvalue weighted by atomic mass is 10.0. The SMILES string of the molecule is COCCC1(CNC(=O)CCCCN)CC1. The minimum absolute atomic E-state index is 0.164. The Labute approximate surface area is 97.9 Å². The van der Waals surface area contributed by atoms with E-state index < -0.39 is 0 Å². The van der Waals surface area contributed by atoms with Gasteiger partial charge in [0, 0.05) is 26.7 Å². The molecule has 16 heavy (non-hydrogen) atoms. The number of rotatable bonds is 9. The van der Waals surface area contributed by atoms with Gasteiger partial charge in [-0.25, -0.2) is 0 Å². The van der Waals surface area contributed by atoms with Crippen LogP contribution in [0.15, 0.2) is 0 Å². The third-order valence-electron chi connectivity index (χ3n) is 3.31. The van der Waals surface area contributed by atoms with E-state index in [9.17, 15) is 4.79 Å². The van der Waals surface area contributed by atoms with Gasteiger partial charge in [-0.05, 0) is 44.1 Å². The van der Waals surface area contributed by atoms with Crippen LogP contribution in [0.3, 0.4) is 0 Å². The molecule has 0 spiro atoms. The first kappa shape index (κ1) is 13.5. The van der Waals surface area contributed by atoms with Gasteiger partial charge in [0.15, 0.2) is 0 Å². The highest BCUT2D eigenvalue weighted by Crippen LogP contribution is 2.48. The van der Waals surface area contributed by atoms with Crippen molar-refractivity contribution in [1.82, 2.24) is 5.32 Å². The van der Waals surface area contributed by atoms with Gasteiger partial charge in [-0.1, -0.05) is 0 Å². The number of methoxy groups -OCH3 is 1. The van der Waals surface area contributed by atoms with Crippen LogP contribution < -0.4 is 11.1 Å². The molecule has 4 nitrogen and oxygen atoms in total. The highest BCUT2D eigenvalue weighted by molar-refractivity contribution is 5.75. The maximum atomic E-state index is 11.5. The Morgan fingerprint density at radius 3 is 2.75 bits per heavy atom. The summed E-state index contributed by atoms with van der Waals surface area (Å²) in [6.07, 6.45) is 5.94. The van der Waals surface area contributed by atoms with Crippen molar-refractivity contribution in [3.05, 3.63) is 0 Å². The molecular weight excluding hydrogens is 204 g/mol. The summed E-state index contributed by atoms with van der Waals surface area (Å²) in [7, 11) is 1.72. The molecule has 0 bridgehead atoms. The molecule has 1 aliphatic carbocycles. The maximum Gasteiger partial charge on any atom is 0.220 e. The van der Waals surface area contributed by atoms with Crippen molar-refractivity contribution < 1.29 is 9.53 Å². The second kappa shape index (κ2) is 6.86. The fraction of sp³-hybridized carbons (Fsp3) is 0.917. The first-order valence-electron chi connectivity index (χ1n) is 6.18. The number of hydrogen-bond acceptors (Lipinski definition) is 3. The van der Waals surface area contributed by atoms with Gasteiger partial charge in [-0.2, -0.15) is 0 Å². The van der Waals surface area contributed by atoms with E-state index >= 15 is 0 Å². The summed E-state index contributed by atoms with van der Waals surface area (Å²) in [5, 5.41) is 3.02. The van der Waals surface area contributed by atoms with Gasteiger partial charge in [-0.3, -0.25) is 4.79 Å². The second-order valence-corrected chi connectivity index (χ2v) is 4.77. The van der Waals surface area contributed by atoms with Gasteiger partial charge >= 0.3 is 0 Å². The molecule has 4 heteroatoms. The number of nitrogens with one attached hydrogen (secondary N) is 1. The summed E-state index contributed by atoms with van der Waals surface area (Å²) in [5.41, 5.74) is 5.72. The van der Waals surface area contributed by atoms with Crippen LogP contribution in [-0.2, 0) is 9.53 Å². The number of nitrogens with two attached hydrogens (primary N) is 1. The van der Waals surface area contributed by atoms with Crippen molar-refractivity contribution >= 4 is 5.91 Å². The van der Waals surface area contributed by atoms with E-state index in [0.717, 1.165) is 32.4 Å². The molecule has 94 valence electrons. The Hall–Kier alpha value is -0.610. The summed E-state index contributed by atoms with van der Waals surface area (Å²) in [4.78, 5) is 11.5. The standard InChI is InChI=1S/C12H24N2O2/c1-16-9-7-12(5-6-12)10-14-11(15)4-2-3-8-13/h2-10,13H2,1H3,(H,14,15). The number of ether oxygens (including phenoxy) is 1. The van der Waals surface area contributed by atoms with Crippen LogP contribution in [0, 0.1) is 5.41 Å². The molecule has 0 radical (unpaired) electrons. The Morgan fingerprint density at radius 1 is 1.44 bits per heavy atom. The summed E-state index contributed by atoms with van der Waals surface area (Å²) in [6.45, 7) is 2.28. The minimum Gasteiger partial charge on any atom is -0.385 e. The van der Waals surface area contributed by atoms with Gasteiger partial charge in [0.05, 0.1) is 0 Å². The lowest BCUT2D eigenvalue weighted by Gasteiger charge is -2.15. The van der Waals surface area contributed by atoms with E-state index in [-0.39, 0.29) is 5.91 Å². The van der Waals surface area contributed by atoms with Gasteiger partial charge in [-0.15, -0.1) is 0 Å². The molecule has 1 aliphatic rings. The van der Waals surface area contributed by atoms with E-state index in [1.54, 1.807) is 7.11 Å². The molecule has 0 aromatic heterocycles. The molecule has 0 atom stereocenters. The molecular formula is C12H24N2O2. The summed E-state index contributed by atoms with van der Waals surface area (Å²) >= 11 is 0. The lowest BCUT2D eigenvalue weighted by molar-refractivity contribution is -0.121. The average Bonchev–Trinajstić information content (AvgIpc) is 3.05. The number of unbranched alkanes of at least 4 members (excludes halogenated alkanes) is 1.